The molecule has 1 unspecified atom stereocenters. The zero-order chi connectivity index (χ0) is 16.8. The molecular weight excluding hydrogens is 296 g/mol. The molecule has 1 fully saturated rings. The minimum absolute atomic E-state index is 0.122. The quantitative estimate of drug-likeness (QED) is 0.855. The van der Waals surface area contributed by atoms with Crippen molar-refractivity contribution < 1.29 is 5.11 Å². The first-order chi connectivity index (χ1) is 11.8. The average molecular weight is 324 g/mol. The maximum absolute atomic E-state index is 10.4. The lowest BCUT2D eigenvalue weighted by Crippen LogP contribution is -2.54. The van der Waals surface area contributed by atoms with Gasteiger partial charge in [-0.05, 0) is 24.0 Å². The van der Waals surface area contributed by atoms with Gasteiger partial charge >= 0.3 is 0 Å². The topological polar surface area (TPSA) is 35.5 Å². The third kappa shape index (κ3) is 4.23. The van der Waals surface area contributed by atoms with Gasteiger partial charge in [0.25, 0.3) is 0 Å². The van der Waals surface area contributed by atoms with E-state index in [-0.39, 0.29) is 12.1 Å². The van der Waals surface area contributed by atoms with E-state index in [1.165, 1.54) is 11.1 Å². The molecule has 2 aromatic carbocycles. The third-order valence-corrected chi connectivity index (χ3v) is 5.03. The summed E-state index contributed by atoms with van der Waals surface area (Å²) >= 11 is 0. The third-order valence-electron chi connectivity index (χ3n) is 5.03. The highest BCUT2D eigenvalue weighted by molar-refractivity contribution is 5.19. The zero-order valence-corrected chi connectivity index (χ0v) is 14.4. The molecule has 0 spiro atoms. The van der Waals surface area contributed by atoms with E-state index < -0.39 is 0 Å². The monoisotopic (exact) mass is 324 g/mol. The molecular formula is C21H28N2O. The Labute approximate surface area is 145 Å². The SMILES string of the molecule is CCC(c1ccccc1)N1CC[C@@H](O)[C@H](NCc2ccccc2)C1. The highest BCUT2D eigenvalue weighted by Gasteiger charge is 2.31. The first kappa shape index (κ1) is 17.2. The van der Waals surface area contributed by atoms with E-state index in [0.717, 1.165) is 32.5 Å². The van der Waals surface area contributed by atoms with Gasteiger partial charge in [-0.1, -0.05) is 67.6 Å². The Balaban J connectivity index is 1.64. The second kappa shape index (κ2) is 8.43. The molecule has 0 aliphatic carbocycles. The van der Waals surface area contributed by atoms with Crippen molar-refractivity contribution in [2.75, 3.05) is 13.1 Å². The lowest BCUT2D eigenvalue weighted by molar-refractivity contribution is 0.0272. The Hall–Kier alpha value is -1.68. The number of nitrogens with zero attached hydrogens (tertiary/aromatic N) is 1. The Bertz CT molecular complexity index is 602. The van der Waals surface area contributed by atoms with Gasteiger partial charge in [-0.2, -0.15) is 0 Å². The predicted octanol–water partition coefficient (Wildman–Crippen LogP) is 3.36. The zero-order valence-electron chi connectivity index (χ0n) is 14.4. The van der Waals surface area contributed by atoms with Gasteiger partial charge in [0.2, 0.25) is 0 Å². The number of aliphatic hydroxyl groups is 1. The fourth-order valence-electron chi connectivity index (χ4n) is 3.67. The van der Waals surface area contributed by atoms with E-state index in [0.29, 0.717) is 6.04 Å². The number of rotatable bonds is 6. The predicted molar refractivity (Wildman–Crippen MR) is 98.7 cm³/mol. The van der Waals surface area contributed by atoms with E-state index in [1.807, 2.05) is 6.07 Å². The minimum atomic E-state index is -0.266. The van der Waals surface area contributed by atoms with Crippen LogP contribution in [0.15, 0.2) is 60.7 Å². The van der Waals surface area contributed by atoms with Gasteiger partial charge in [0, 0.05) is 31.7 Å². The molecule has 1 aliphatic rings. The van der Waals surface area contributed by atoms with Crippen LogP contribution in [-0.4, -0.2) is 35.2 Å². The van der Waals surface area contributed by atoms with Crippen LogP contribution in [0.1, 0.15) is 36.9 Å². The summed E-state index contributed by atoms with van der Waals surface area (Å²) in [4.78, 5) is 2.52. The summed E-state index contributed by atoms with van der Waals surface area (Å²) in [5, 5.41) is 14.0. The number of hydrogen-bond donors (Lipinski definition) is 2. The fraction of sp³-hybridized carbons (Fsp3) is 0.429. The van der Waals surface area contributed by atoms with Crippen LogP contribution in [0.5, 0.6) is 0 Å². The van der Waals surface area contributed by atoms with E-state index in [4.69, 9.17) is 0 Å². The second-order valence-corrected chi connectivity index (χ2v) is 6.66. The number of likely N-dealkylation sites (tertiary alicyclic amines) is 1. The van der Waals surface area contributed by atoms with E-state index in [2.05, 4.69) is 71.7 Å². The number of benzene rings is 2. The maximum Gasteiger partial charge on any atom is 0.0718 e. The van der Waals surface area contributed by atoms with Crippen LogP contribution >= 0.6 is 0 Å². The smallest absolute Gasteiger partial charge is 0.0718 e. The van der Waals surface area contributed by atoms with E-state index >= 15 is 0 Å². The van der Waals surface area contributed by atoms with Crippen LogP contribution in [0.2, 0.25) is 0 Å². The Morgan fingerprint density at radius 3 is 2.42 bits per heavy atom. The molecule has 0 bridgehead atoms. The van der Waals surface area contributed by atoms with Gasteiger partial charge in [-0.15, -0.1) is 0 Å². The van der Waals surface area contributed by atoms with E-state index in [9.17, 15) is 5.11 Å². The van der Waals surface area contributed by atoms with E-state index in [1.54, 1.807) is 0 Å². The van der Waals surface area contributed by atoms with Crippen molar-refractivity contribution >= 4 is 0 Å². The standard InChI is InChI=1S/C21H28N2O/c1-2-20(18-11-7-4-8-12-18)23-14-13-21(24)19(16-23)22-15-17-9-5-3-6-10-17/h3-12,19-22,24H,2,13-16H2,1H3/t19-,20?,21-/m1/s1. The van der Waals surface area contributed by atoms with Crippen molar-refractivity contribution in [3.8, 4) is 0 Å². The Morgan fingerprint density at radius 2 is 1.75 bits per heavy atom. The van der Waals surface area contributed by atoms with Gasteiger partial charge in [0.15, 0.2) is 0 Å². The molecule has 1 aliphatic heterocycles. The van der Waals surface area contributed by atoms with Crippen LogP contribution in [-0.2, 0) is 6.54 Å². The molecule has 0 amide bonds. The van der Waals surface area contributed by atoms with Gasteiger partial charge in [0.05, 0.1) is 6.10 Å². The van der Waals surface area contributed by atoms with Crippen LogP contribution in [0.4, 0.5) is 0 Å². The average Bonchev–Trinajstić information content (AvgIpc) is 2.64. The molecule has 128 valence electrons. The summed E-state index contributed by atoms with van der Waals surface area (Å²) in [7, 11) is 0. The van der Waals surface area contributed by atoms with Crippen molar-refractivity contribution in [3.63, 3.8) is 0 Å². The van der Waals surface area contributed by atoms with Gasteiger partial charge in [-0.25, -0.2) is 0 Å². The van der Waals surface area contributed by atoms with Crippen molar-refractivity contribution in [3.05, 3.63) is 71.8 Å². The lowest BCUT2D eigenvalue weighted by Gasteiger charge is -2.41. The largest absolute Gasteiger partial charge is 0.391 e. The summed E-state index contributed by atoms with van der Waals surface area (Å²) < 4.78 is 0. The summed E-state index contributed by atoms with van der Waals surface area (Å²) in [5.41, 5.74) is 2.63. The van der Waals surface area contributed by atoms with Gasteiger partial charge in [0.1, 0.15) is 0 Å². The van der Waals surface area contributed by atoms with Crippen molar-refractivity contribution in [1.82, 2.24) is 10.2 Å². The number of hydrogen-bond acceptors (Lipinski definition) is 3. The highest BCUT2D eigenvalue weighted by Crippen LogP contribution is 2.27. The van der Waals surface area contributed by atoms with Crippen molar-refractivity contribution in [2.24, 2.45) is 0 Å². The van der Waals surface area contributed by atoms with Gasteiger partial charge < -0.3 is 10.4 Å². The number of piperidine rings is 1. The summed E-state index contributed by atoms with van der Waals surface area (Å²) in [6.07, 6.45) is 1.65. The molecule has 2 N–H and O–H groups in total. The van der Waals surface area contributed by atoms with Crippen LogP contribution in [0, 0.1) is 0 Å². The lowest BCUT2D eigenvalue weighted by atomic mass is 9.96. The van der Waals surface area contributed by atoms with Crippen LogP contribution in [0.3, 0.4) is 0 Å². The molecule has 0 saturated carbocycles. The van der Waals surface area contributed by atoms with Crippen LogP contribution in [0.25, 0.3) is 0 Å². The first-order valence-corrected chi connectivity index (χ1v) is 9.02. The molecule has 2 aromatic rings. The van der Waals surface area contributed by atoms with Crippen LogP contribution < -0.4 is 5.32 Å². The first-order valence-electron chi connectivity index (χ1n) is 9.02. The Kier molecular flexibility index (Phi) is 6.02. The normalized spacial score (nSPS) is 23.1. The van der Waals surface area contributed by atoms with Crippen molar-refractivity contribution in [2.45, 2.75) is 44.5 Å². The van der Waals surface area contributed by atoms with Crippen molar-refractivity contribution in [1.29, 1.82) is 0 Å². The molecule has 3 nitrogen and oxygen atoms in total. The highest BCUT2D eigenvalue weighted by atomic mass is 16.3. The maximum atomic E-state index is 10.4. The Morgan fingerprint density at radius 1 is 1.08 bits per heavy atom. The molecule has 3 heteroatoms. The fourth-order valence-corrected chi connectivity index (χ4v) is 3.67. The second-order valence-electron chi connectivity index (χ2n) is 6.66. The molecule has 0 aromatic heterocycles. The van der Waals surface area contributed by atoms with Gasteiger partial charge in [-0.3, -0.25) is 4.90 Å². The molecule has 0 radical (unpaired) electrons. The summed E-state index contributed by atoms with van der Waals surface area (Å²) in [6, 6.07) is 21.7. The molecule has 3 rings (SSSR count). The number of aliphatic hydroxyl groups excluding tert-OH is 1. The molecule has 1 saturated heterocycles. The minimum Gasteiger partial charge on any atom is -0.391 e. The summed E-state index contributed by atoms with van der Waals surface area (Å²) in [5.74, 6) is 0. The number of nitrogens with one attached hydrogen (secondary N) is 1. The molecule has 1 heterocycles. The molecule has 24 heavy (non-hydrogen) atoms. The molecule has 3 atom stereocenters. The summed E-state index contributed by atoms with van der Waals surface area (Å²) in [6.45, 7) is 4.90.